The van der Waals surface area contributed by atoms with Crippen molar-refractivity contribution >= 4 is 17.7 Å². The van der Waals surface area contributed by atoms with E-state index in [9.17, 15) is 9.90 Å². The molecule has 3 N–H and O–H groups in total. The van der Waals surface area contributed by atoms with Crippen LogP contribution in [0.4, 0.5) is 5.95 Å². The molecule has 3 aromatic heterocycles. The summed E-state index contributed by atoms with van der Waals surface area (Å²) in [5.74, 6) is 0.352. The Morgan fingerprint density at radius 3 is 2.93 bits per heavy atom. The van der Waals surface area contributed by atoms with E-state index < -0.39 is 5.69 Å². The number of aromatic nitrogens is 6. The second-order valence-electron chi connectivity index (χ2n) is 6.96. The molecule has 3 aromatic rings. The maximum atomic E-state index is 11.4. The van der Waals surface area contributed by atoms with Gasteiger partial charge in [-0.05, 0) is 25.3 Å². The molecule has 1 aliphatic heterocycles. The van der Waals surface area contributed by atoms with Gasteiger partial charge in [0.15, 0.2) is 5.65 Å². The van der Waals surface area contributed by atoms with Crippen LogP contribution in [0.5, 0.6) is 5.88 Å². The first-order valence-electron chi connectivity index (χ1n) is 9.33. The fourth-order valence-electron chi connectivity index (χ4n) is 3.16. The van der Waals surface area contributed by atoms with Crippen molar-refractivity contribution in [1.29, 1.82) is 0 Å². The van der Waals surface area contributed by atoms with Crippen molar-refractivity contribution in [3.05, 3.63) is 33.2 Å². The number of H-pyrrole nitrogens is 2. The predicted octanol–water partition coefficient (Wildman–Crippen LogP) is -1.32. The van der Waals surface area contributed by atoms with Crippen molar-refractivity contribution in [2.24, 2.45) is 4.99 Å². The number of nitrogens with zero attached hydrogens (tertiary/aromatic N) is 6. The number of imidazole rings is 1. The topological polar surface area (TPSA) is 137 Å². The van der Waals surface area contributed by atoms with E-state index in [4.69, 9.17) is 9.72 Å². The zero-order valence-electron chi connectivity index (χ0n) is 15.1. The third-order valence-corrected chi connectivity index (χ3v) is 4.75. The summed E-state index contributed by atoms with van der Waals surface area (Å²) < 4.78 is 7.13. The fraction of sp³-hybridized carbons (Fsp3) is 0.471. The molecule has 2 aliphatic rings. The van der Waals surface area contributed by atoms with Gasteiger partial charge in [-0.3, -0.25) is 4.98 Å². The molecule has 0 amide bonds. The van der Waals surface area contributed by atoms with E-state index >= 15 is 0 Å². The highest BCUT2D eigenvalue weighted by atomic mass is 16.5. The lowest BCUT2D eigenvalue weighted by Gasteiger charge is -2.19. The van der Waals surface area contributed by atoms with Gasteiger partial charge in [0.25, 0.3) is 5.62 Å². The van der Waals surface area contributed by atoms with Crippen LogP contribution >= 0.6 is 0 Å². The van der Waals surface area contributed by atoms with E-state index in [0.717, 1.165) is 32.4 Å². The van der Waals surface area contributed by atoms with Gasteiger partial charge in [0, 0.05) is 24.9 Å². The second kappa shape index (κ2) is 6.75. The average Bonchev–Trinajstić information content (AvgIpc) is 3.39. The quantitative estimate of drug-likeness (QED) is 0.510. The Kier molecular flexibility index (Phi) is 4.08. The smallest absolute Gasteiger partial charge is 0.326 e. The summed E-state index contributed by atoms with van der Waals surface area (Å²) in [6, 6.07) is 0.278. The van der Waals surface area contributed by atoms with Crippen LogP contribution < -0.4 is 21.4 Å². The van der Waals surface area contributed by atoms with Crippen LogP contribution in [0.15, 0.2) is 16.0 Å². The molecule has 0 atom stereocenters. The summed E-state index contributed by atoms with van der Waals surface area (Å²) in [4.78, 5) is 32.4. The first kappa shape index (κ1) is 16.9. The third-order valence-electron chi connectivity index (χ3n) is 4.75. The molecule has 2 fully saturated rings. The van der Waals surface area contributed by atoms with Crippen LogP contribution in [-0.2, 0) is 4.74 Å². The summed E-state index contributed by atoms with van der Waals surface area (Å²) in [6.45, 7) is 2.86. The molecule has 0 aromatic carbocycles. The highest BCUT2D eigenvalue weighted by molar-refractivity contribution is 5.57. The number of rotatable bonds is 3. The van der Waals surface area contributed by atoms with E-state index in [-0.39, 0.29) is 17.6 Å². The van der Waals surface area contributed by atoms with Crippen molar-refractivity contribution in [1.82, 2.24) is 29.5 Å². The van der Waals surface area contributed by atoms with Crippen LogP contribution in [0, 0.1) is 0 Å². The molecule has 4 heterocycles. The molecule has 0 radical (unpaired) electrons. The van der Waals surface area contributed by atoms with Gasteiger partial charge >= 0.3 is 5.69 Å². The van der Waals surface area contributed by atoms with Gasteiger partial charge in [-0.15, -0.1) is 0 Å². The highest BCUT2D eigenvalue weighted by Crippen LogP contribution is 2.22. The van der Waals surface area contributed by atoms with Crippen molar-refractivity contribution in [2.75, 3.05) is 31.2 Å². The lowest BCUT2D eigenvalue weighted by Crippen LogP contribution is -2.32. The maximum absolute atomic E-state index is 11.4. The second-order valence-corrected chi connectivity index (χ2v) is 6.96. The molecule has 28 heavy (non-hydrogen) atoms. The summed E-state index contributed by atoms with van der Waals surface area (Å²) in [5.41, 5.74) is 0.864. The molecule has 11 heteroatoms. The predicted molar refractivity (Wildman–Crippen MR) is 98.9 cm³/mol. The minimum atomic E-state index is -0.482. The van der Waals surface area contributed by atoms with E-state index in [1.807, 2.05) is 0 Å². The van der Waals surface area contributed by atoms with E-state index in [0.29, 0.717) is 35.6 Å². The normalized spacial score (nSPS) is 19.5. The molecule has 0 spiro atoms. The minimum Gasteiger partial charge on any atom is -0.493 e. The summed E-state index contributed by atoms with van der Waals surface area (Å²) in [5, 5.41) is 14.9. The number of fused-ring (bicyclic) bond motifs is 1. The van der Waals surface area contributed by atoms with Crippen molar-refractivity contribution in [3.8, 4) is 5.88 Å². The zero-order chi connectivity index (χ0) is 19.1. The third kappa shape index (κ3) is 3.24. The molecule has 11 nitrogen and oxygen atoms in total. The Morgan fingerprint density at radius 2 is 2.14 bits per heavy atom. The van der Waals surface area contributed by atoms with Crippen LogP contribution in [0.2, 0.25) is 0 Å². The summed E-state index contributed by atoms with van der Waals surface area (Å²) in [7, 11) is 0. The Labute approximate surface area is 158 Å². The van der Waals surface area contributed by atoms with Crippen molar-refractivity contribution in [2.45, 2.75) is 25.3 Å². The largest absolute Gasteiger partial charge is 0.493 e. The molecule has 1 saturated carbocycles. The van der Waals surface area contributed by atoms with Gasteiger partial charge in [0.1, 0.15) is 5.69 Å². The van der Waals surface area contributed by atoms with Crippen LogP contribution in [-0.4, -0.2) is 67.0 Å². The number of nitrogens with one attached hydrogen (secondary N) is 2. The number of hydrogen-bond acceptors (Lipinski definition) is 8. The fourth-order valence-corrected chi connectivity index (χ4v) is 3.16. The highest BCUT2D eigenvalue weighted by Gasteiger charge is 2.22. The van der Waals surface area contributed by atoms with Gasteiger partial charge in [-0.2, -0.15) is 19.6 Å². The minimum absolute atomic E-state index is 0.230. The van der Waals surface area contributed by atoms with Gasteiger partial charge in [0.2, 0.25) is 11.8 Å². The Bertz CT molecular complexity index is 1180. The van der Waals surface area contributed by atoms with Crippen LogP contribution in [0.25, 0.3) is 11.7 Å². The van der Waals surface area contributed by atoms with Gasteiger partial charge in [-0.25, -0.2) is 9.79 Å². The monoisotopic (exact) mass is 384 g/mol. The van der Waals surface area contributed by atoms with Gasteiger partial charge < -0.3 is 19.7 Å². The molecular formula is C17H20N8O3. The van der Waals surface area contributed by atoms with Crippen molar-refractivity contribution in [3.63, 3.8) is 0 Å². The lowest BCUT2D eigenvalue weighted by atomic mass is 10.3. The van der Waals surface area contributed by atoms with Gasteiger partial charge in [0.05, 0.1) is 18.8 Å². The average molecular weight is 384 g/mol. The number of ether oxygens (including phenoxy) is 1. The first-order chi connectivity index (χ1) is 13.7. The Balaban J connectivity index is 1.69. The number of anilines is 1. The number of aromatic amines is 2. The summed E-state index contributed by atoms with van der Waals surface area (Å²) in [6.07, 6.45) is 6.25. The molecule has 0 unspecified atom stereocenters. The van der Waals surface area contributed by atoms with E-state index in [2.05, 4.69) is 29.9 Å². The van der Waals surface area contributed by atoms with E-state index in [1.54, 1.807) is 16.8 Å². The van der Waals surface area contributed by atoms with Gasteiger partial charge in [-0.1, -0.05) is 0 Å². The summed E-state index contributed by atoms with van der Waals surface area (Å²) >= 11 is 0. The molecule has 146 valence electrons. The standard InChI is InChI=1S/C17H20N8O3/c26-14-12(20-17(27)22-14)8-10-9-18-25-13(10)21-15(23-16(25)19-11-2-3-11)24-4-1-6-28-7-5-24/h8-9,11,26H,1-7H2,(H2,20,22,27)/b10-8-,19-16?. The maximum Gasteiger partial charge on any atom is 0.326 e. The molecule has 1 aliphatic carbocycles. The molecule has 0 bridgehead atoms. The van der Waals surface area contributed by atoms with Crippen molar-refractivity contribution < 1.29 is 9.84 Å². The first-order valence-corrected chi connectivity index (χ1v) is 9.33. The van der Waals surface area contributed by atoms with Crippen LogP contribution in [0.1, 0.15) is 25.0 Å². The molecule has 1 saturated heterocycles. The Morgan fingerprint density at radius 1 is 1.25 bits per heavy atom. The van der Waals surface area contributed by atoms with Crippen LogP contribution in [0.3, 0.4) is 0 Å². The molecular weight excluding hydrogens is 364 g/mol. The number of hydrogen-bond donors (Lipinski definition) is 3. The zero-order valence-corrected chi connectivity index (χ0v) is 15.1. The van der Waals surface area contributed by atoms with E-state index in [1.165, 1.54) is 0 Å². The Hall–Kier alpha value is -3.21. The SMILES string of the molecule is O=c1[nH]c(O)c(/C=c2/cnn3c(=NC4CC4)nc(N4CCCOCC4)nc23)[nH]1. The lowest BCUT2D eigenvalue weighted by molar-refractivity contribution is 0.152. The molecule has 5 rings (SSSR count). The number of aromatic hydroxyl groups is 1.